The van der Waals surface area contributed by atoms with Crippen molar-refractivity contribution in [3.63, 3.8) is 0 Å². The fraction of sp³-hybridized carbons (Fsp3) is 0.435. The van der Waals surface area contributed by atoms with Crippen LogP contribution in [0.5, 0.6) is 5.75 Å². The molecular weight excluding hydrogens is 539 g/mol. The van der Waals surface area contributed by atoms with E-state index in [0.717, 1.165) is 30.9 Å². The summed E-state index contributed by atoms with van der Waals surface area (Å²) in [4.78, 5) is 7.17. The summed E-state index contributed by atoms with van der Waals surface area (Å²) in [5.41, 5.74) is 2.24. The van der Waals surface area contributed by atoms with Crippen molar-refractivity contribution in [3.05, 3.63) is 59.7 Å². The molecule has 1 saturated heterocycles. The molecule has 3 rings (SSSR count). The second kappa shape index (κ2) is 12.4. The summed E-state index contributed by atoms with van der Waals surface area (Å²) in [7, 11) is 0.248. The number of likely N-dealkylation sites (tertiary alicyclic amines) is 1. The first-order chi connectivity index (χ1) is 14.9. The highest BCUT2D eigenvalue weighted by molar-refractivity contribution is 14.0. The lowest BCUT2D eigenvalue weighted by Crippen LogP contribution is -2.42. The first-order valence-electron chi connectivity index (χ1n) is 10.5. The van der Waals surface area contributed by atoms with Crippen LogP contribution in [0.15, 0.2) is 58.4 Å². The van der Waals surface area contributed by atoms with E-state index in [1.165, 1.54) is 24.7 Å². The Balaban J connectivity index is 0.00000363. The SMILES string of the molecule is CN=C(NCc1ccc(S(C)(=O)=O)cc1)NCC(c1ccc(OC)cc1)N1CCCC1.I. The zero-order chi connectivity index (χ0) is 22.3. The monoisotopic (exact) mass is 572 g/mol. The second-order valence-corrected chi connectivity index (χ2v) is 9.77. The first kappa shape index (κ1) is 26.4. The van der Waals surface area contributed by atoms with E-state index < -0.39 is 9.84 Å². The van der Waals surface area contributed by atoms with Crippen molar-refractivity contribution in [2.45, 2.75) is 30.3 Å². The van der Waals surface area contributed by atoms with Crippen LogP contribution in [-0.2, 0) is 16.4 Å². The Kier molecular flexibility index (Phi) is 10.2. The summed E-state index contributed by atoms with van der Waals surface area (Å²) < 4.78 is 28.5. The summed E-state index contributed by atoms with van der Waals surface area (Å²) in [6.45, 7) is 3.48. The van der Waals surface area contributed by atoms with E-state index in [0.29, 0.717) is 17.4 Å². The molecular formula is C23H33IN4O3S. The van der Waals surface area contributed by atoms with Gasteiger partial charge in [0.2, 0.25) is 0 Å². The summed E-state index contributed by atoms with van der Waals surface area (Å²) in [6, 6.07) is 15.4. The summed E-state index contributed by atoms with van der Waals surface area (Å²) >= 11 is 0. The molecule has 0 saturated carbocycles. The Morgan fingerprint density at radius 1 is 1.06 bits per heavy atom. The van der Waals surface area contributed by atoms with Crippen LogP contribution in [0.4, 0.5) is 0 Å². The Morgan fingerprint density at radius 2 is 1.69 bits per heavy atom. The van der Waals surface area contributed by atoms with Crippen LogP contribution in [0, 0.1) is 0 Å². The van der Waals surface area contributed by atoms with Crippen LogP contribution in [0.1, 0.15) is 30.0 Å². The Hall–Kier alpha value is -1.85. The maximum atomic E-state index is 11.6. The lowest BCUT2D eigenvalue weighted by Gasteiger charge is -2.29. The predicted molar refractivity (Wildman–Crippen MR) is 140 cm³/mol. The van der Waals surface area contributed by atoms with Crippen LogP contribution >= 0.6 is 24.0 Å². The van der Waals surface area contributed by atoms with Gasteiger partial charge in [-0.15, -0.1) is 24.0 Å². The quantitative estimate of drug-likeness (QED) is 0.287. The number of benzene rings is 2. The number of hydrogen-bond acceptors (Lipinski definition) is 5. The molecule has 2 N–H and O–H groups in total. The van der Waals surface area contributed by atoms with E-state index in [1.807, 2.05) is 24.3 Å². The molecule has 1 fully saturated rings. The van der Waals surface area contributed by atoms with Gasteiger partial charge in [-0.2, -0.15) is 0 Å². The largest absolute Gasteiger partial charge is 0.497 e. The third-order valence-corrected chi connectivity index (χ3v) is 6.71. The molecule has 0 aromatic heterocycles. The molecule has 2 aromatic rings. The number of nitrogens with one attached hydrogen (secondary N) is 2. The normalized spacial score (nSPS) is 15.7. The number of rotatable bonds is 8. The zero-order valence-corrected chi connectivity index (χ0v) is 22.0. The third kappa shape index (κ3) is 7.35. The van der Waals surface area contributed by atoms with Crippen LogP contribution < -0.4 is 15.4 Å². The second-order valence-electron chi connectivity index (χ2n) is 7.75. The molecule has 9 heteroatoms. The van der Waals surface area contributed by atoms with Crippen molar-refractivity contribution in [2.24, 2.45) is 4.99 Å². The minimum absolute atomic E-state index is 0. The Morgan fingerprint density at radius 3 is 2.22 bits per heavy atom. The number of sulfone groups is 1. The lowest BCUT2D eigenvalue weighted by molar-refractivity contribution is 0.245. The molecule has 1 heterocycles. The zero-order valence-electron chi connectivity index (χ0n) is 18.9. The van der Waals surface area contributed by atoms with Crippen molar-refractivity contribution >= 4 is 39.8 Å². The van der Waals surface area contributed by atoms with Gasteiger partial charge in [-0.1, -0.05) is 24.3 Å². The molecule has 1 unspecified atom stereocenters. The highest BCUT2D eigenvalue weighted by atomic mass is 127. The smallest absolute Gasteiger partial charge is 0.191 e. The van der Waals surface area contributed by atoms with E-state index in [-0.39, 0.29) is 30.0 Å². The maximum absolute atomic E-state index is 11.6. The van der Waals surface area contributed by atoms with Crippen LogP contribution in [0.25, 0.3) is 0 Å². The molecule has 0 spiro atoms. The van der Waals surface area contributed by atoms with Crippen LogP contribution in [0.3, 0.4) is 0 Å². The number of halogens is 1. The molecule has 1 aliphatic heterocycles. The molecule has 2 aromatic carbocycles. The molecule has 1 atom stereocenters. The van der Waals surface area contributed by atoms with Gasteiger partial charge in [0.05, 0.1) is 18.0 Å². The van der Waals surface area contributed by atoms with Gasteiger partial charge >= 0.3 is 0 Å². The van der Waals surface area contributed by atoms with Crippen molar-refractivity contribution < 1.29 is 13.2 Å². The standard InChI is InChI=1S/C23H32N4O3S.HI/c1-24-23(25-16-18-6-12-21(13-7-18)31(3,28)29)26-17-22(27-14-4-5-15-27)19-8-10-20(30-2)11-9-19;/h6-13,22H,4-5,14-17H2,1-3H3,(H2,24,25,26);1H. The van der Waals surface area contributed by atoms with Gasteiger partial charge in [0.1, 0.15) is 5.75 Å². The summed E-state index contributed by atoms with van der Waals surface area (Å²) in [6.07, 6.45) is 3.66. The molecule has 0 aliphatic carbocycles. The summed E-state index contributed by atoms with van der Waals surface area (Å²) in [5.74, 6) is 1.57. The average molecular weight is 573 g/mol. The van der Waals surface area contributed by atoms with Crippen LogP contribution in [-0.4, -0.2) is 59.3 Å². The minimum Gasteiger partial charge on any atom is -0.497 e. The minimum atomic E-state index is -3.18. The van der Waals surface area contributed by atoms with Gasteiger partial charge in [-0.3, -0.25) is 9.89 Å². The highest BCUT2D eigenvalue weighted by Crippen LogP contribution is 2.26. The lowest BCUT2D eigenvalue weighted by atomic mass is 10.1. The van der Waals surface area contributed by atoms with E-state index in [9.17, 15) is 8.42 Å². The molecule has 0 amide bonds. The summed E-state index contributed by atoms with van der Waals surface area (Å²) in [5, 5.41) is 6.76. The molecule has 1 aliphatic rings. The van der Waals surface area contributed by atoms with Crippen molar-refractivity contribution in [3.8, 4) is 5.75 Å². The topological polar surface area (TPSA) is 83.0 Å². The van der Waals surface area contributed by atoms with Gasteiger partial charge in [0, 0.05) is 26.4 Å². The molecule has 7 nitrogen and oxygen atoms in total. The molecule has 0 bridgehead atoms. The van der Waals surface area contributed by atoms with Crippen molar-refractivity contribution in [1.82, 2.24) is 15.5 Å². The van der Waals surface area contributed by atoms with Gasteiger partial charge in [-0.05, 0) is 61.3 Å². The maximum Gasteiger partial charge on any atom is 0.191 e. The van der Waals surface area contributed by atoms with E-state index >= 15 is 0 Å². The number of nitrogens with zero attached hydrogens (tertiary/aromatic N) is 2. The number of aliphatic imine (C=N–C) groups is 1. The van der Waals surface area contributed by atoms with Gasteiger partial charge in [0.15, 0.2) is 15.8 Å². The van der Waals surface area contributed by atoms with Crippen molar-refractivity contribution in [2.75, 3.05) is 40.0 Å². The predicted octanol–water partition coefficient (Wildman–Crippen LogP) is 3.22. The molecule has 0 radical (unpaired) electrons. The Bertz CT molecular complexity index is 973. The fourth-order valence-electron chi connectivity index (χ4n) is 3.79. The van der Waals surface area contributed by atoms with E-state index in [2.05, 4.69) is 32.7 Å². The number of methoxy groups -OCH3 is 1. The number of hydrogen-bond donors (Lipinski definition) is 2. The highest BCUT2D eigenvalue weighted by Gasteiger charge is 2.23. The average Bonchev–Trinajstić information content (AvgIpc) is 3.30. The molecule has 176 valence electrons. The fourth-order valence-corrected chi connectivity index (χ4v) is 4.42. The number of guanidine groups is 1. The van der Waals surface area contributed by atoms with E-state index in [1.54, 1.807) is 26.3 Å². The van der Waals surface area contributed by atoms with Gasteiger partial charge < -0.3 is 15.4 Å². The first-order valence-corrected chi connectivity index (χ1v) is 12.4. The number of ether oxygens (including phenoxy) is 1. The molecule has 32 heavy (non-hydrogen) atoms. The van der Waals surface area contributed by atoms with Crippen LogP contribution in [0.2, 0.25) is 0 Å². The third-order valence-electron chi connectivity index (χ3n) is 5.58. The Labute approximate surface area is 208 Å². The van der Waals surface area contributed by atoms with Gasteiger partial charge in [0.25, 0.3) is 0 Å². The van der Waals surface area contributed by atoms with E-state index in [4.69, 9.17) is 4.74 Å². The van der Waals surface area contributed by atoms with Crippen molar-refractivity contribution in [1.29, 1.82) is 0 Å². The van der Waals surface area contributed by atoms with Gasteiger partial charge in [-0.25, -0.2) is 8.42 Å².